The number of hydrogen-bond donors (Lipinski definition) is 2. The van der Waals surface area contributed by atoms with Crippen LogP contribution in [0.1, 0.15) is 31.7 Å². The zero-order chi connectivity index (χ0) is 27.3. The normalized spacial score (nSPS) is 13.3. The summed E-state index contributed by atoms with van der Waals surface area (Å²) in [5.41, 5.74) is 3.65. The van der Waals surface area contributed by atoms with Crippen LogP contribution < -0.4 is 20.2 Å². The van der Waals surface area contributed by atoms with Gasteiger partial charge in [-0.05, 0) is 55.3 Å². The number of nitrogens with one attached hydrogen (secondary N) is 2. The molecule has 1 aliphatic rings. The SMILES string of the molecule is CCOc1cc(/C=N\NC(=O)CCCC(=O)Nc2ccc(Cl)c(Cl)c2)ccc1OCC(=O)N1CCOCC1. The molecular formula is C26H30Cl2N4O6. The Kier molecular flexibility index (Phi) is 11.7. The summed E-state index contributed by atoms with van der Waals surface area (Å²) in [5.74, 6) is 0.225. The van der Waals surface area contributed by atoms with Crippen molar-refractivity contribution < 1.29 is 28.6 Å². The summed E-state index contributed by atoms with van der Waals surface area (Å²) in [6.45, 7) is 4.29. The van der Waals surface area contributed by atoms with Crippen LogP contribution in [0.5, 0.6) is 11.5 Å². The molecule has 0 aliphatic carbocycles. The number of rotatable bonds is 12. The van der Waals surface area contributed by atoms with Gasteiger partial charge in [-0.3, -0.25) is 14.4 Å². The van der Waals surface area contributed by atoms with Crippen LogP contribution in [0.4, 0.5) is 5.69 Å². The van der Waals surface area contributed by atoms with Crippen LogP contribution in [0.25, 0.3) is 0 Å². The second-order valence-electron chi connectivity index (χ2n) is 8.24. The van der Waals surface area contributed by atoms with E-state index >= 15 is 0 Å². The highest BCUT2D eigenvalue weighted by molar-refractivity contribution is 6.42. The lowest BCUT2D eigenvalue weighted by Crippen LogP contribution is -2.43. The van der Waals surface area contributed by atoms with E-state index in [9.17, 15) is 14.4 Å². The second-order valence-corrected chi connectivity index (χ2v) is 9.06. The summed E-state index contributed by atoms with van der Waals surface area (Å²) in [6.07, 6.45) is 2.10. The lowest BCUT2D eigenvalue weighted by atomic mass is 10.2. The molecule has 1 heterocycles. The van der Waals surface area contributed by atoms with Gasteiger partial charge in [0.1, 0.15) is 0 Å². The molecule has 0 saturated carbocycles. The molecule has 10 nitrogen and oxygen atoms in total. The maximum absolute atomic E-state index is 12.3. The minimum Gasteiger partial charge on any atom is -0.490 e. The van der Waals surface area contributed by atoms with Crippen molar-refractivity contribution in [1.82, 2.24) is 10.3 Å². The zero-order valence-corrected chi connectivity index (χ0v) is 22.5. The molecule has 204 valence electrons. The maximum Gasteiger partial charge on any atom is 0.260 e. The number of hydrazone groups is 1. The van der Waals surface area contributed by atoms with Gasteiger partial charge in [0.05, 0.1) is 36.1 Å². The third-order valence-electron chi connectivity index (χ3n) is 5.40. The number of hydrogen-bond acceptors (Lipinski definition) is 7. The van der Waals surface area contributed by atoms with Crippen LogP contribution in [-0.4, -0.2) is 68.4 Å². The van der Waals surface area contributed by atoms with E-state index in [1.807, 2.05) is 6.92 Å². The van der Waals surface area contributed by atoms with E-state index in [1.165, 1.54) is 6.21 Å². The fraction of sp³-hybridized carbons (Fsp3) is 0.385. The molecule has 3 rings (SSSR count). The van der Waals surface area contributed by atoms with Crippen LogP contribution >= 0.6 is 23.2 Å². The number of anilines is 1. The molecule has 0 radical (unpaired) electrons. The van der Waals surface area contributed by atoms with Crippen LogP contribution in [0.3, 0.4) is 0 Å². The van der Waals surface area contributed by atoms with Crippen molar-refractivity contribution in [2.24, 2.45) is 5.10 Å². The average Bonchev–Trinajstić information content (AvgIpc) is 2.91. The van der Waals surface area contributed by atoms with Gasteiger partial charge in [-0.25, -0.2) is 5.43 Å². The van der Waals surface area contributed by atoms with Crippen LogP contribution in [0.2, 0.25) is 10.0 Å². The summed E-state index contributed by atoms with van der Waals surface area (Å²) in [5, 5.41) is 7.42. The highest BCUT2D eigenvalue weighted by Crippen LogP contribution is 2.28. The Labute approximate surface area is 231 Å². The Morgan fingerprint density at radius 3 is 2.50 bits per heavy atom. The number of amides is 3. The van der Waals surface area contributed by atoms with E-state index in [1.54, 1.807) is 41.3 Å². The standard InChI is InChI=1S/C26H30Cl2N4O6/c1-2-37-23-14-18(6-9-22(23)38-17-26(35)32-10-12-36-13-11-32)16-29-31-25(34)5-3-4-24(33)30-19-7-8-20(27)21(28)15-19/h6-9,14-16H,2-5,10-13,17H2,1H3,(H,30,33)(H,31,34)/b29-16-. The topological polar surface area (TPSA) is 119 Å². The van der Waals surface area contributed by atoms with Crippen molar-refractivity contribution in [1.29, 1.82) is 0 Å². The molecule has 3 amide bonds. The first-order chi connectivity index (χ1) is 18.4. The number of halogens is 2. The Hall–Kier alpha value is -3.34. The zero-order valence-electron chi connectivity index (χ0n) is 21.0. The molecule has 12 heteroatoms. The van der Waals surface area contributed by atoms with E-state index in [-0.39, 0.29) is 37.2 Å². The fourth-order valence-corrected chi connectivity index (χ4v) is 3.78. The van der Waals surface area contributed by atoms with Gasteiger partial charge in [0.15, 0.2) is 18.1 Å². The Bertz CT molecular complexity index is 1150. The summed E-state index contributed by atoms with van der Waals surface area (Å²) in [4.78, 5) is 38.2. The largest absolute Gasteiger partial charge is 0.490 e. The average molecular weight is 565 g/mol. The molecule has 38 heavy (non-hydrogen) atoms. The molecule has 0 atom stereocenters. The van der Waals surface area contributed by atoms with Gasteiger partial charge in [0.2, 0.25) is 11.8 Å². The summed E-state index contributed by atoms with van der Waals surface area (Å²) in [6, 6.07) is 9.93. The van der Waals surface area contributed by atoms with E-state index in [0.29, 0.717) is 72.1 Å². The molecule has 1 fully saturated rings. The lowest BCUT2D eigenvalue weighted by molar-refractivity contribution is -0.137. The van der Waals surface area contributed by atoms with E-state index in [4.69, 9.17) is 37.4 Å². The van der Waals surface area contributed by atoms with E-state index in [2.05, 4.69) is 15.8 Å². The number of morpholine rings is 1. The van der Waals surface area contributed by atoms with Gasteiger partial charge in [-0.1, -0.05) is 23.2 Å². The van der Waals surface area contributed by atoms with Gasteiger partial charge < -0.3 is 24.4 Å². The predicted molar refractivity (Wildman–Crippen MR) is 145 cm³/mol. The van der Waals surface area contributed by atoms with Crippen molar-refractivity contribution in [2.45, 2.75) is 26.2 Å². The predicted octanol–water partition coefficient (Wildman–Crippen LogP) is 3.89. The maximum atomic E-state index is 12.3. The highest BCUT2D eigenvalue weighted by atomic mass is 35.5. The first kappa shape index (κ1) is 29.2. The lowest BCUT2D eigenvalue weighted by Gasteiger charge is -2.26. The molecule has 1 aliphatic heterocycles. The molecule has 2 N–H and O–H groups in total. The van der Waals surface area contributed by atoms with Crippen molar-refractivity contribution >= 4 is 52.8 Å². The number of ether oxygens (including phenoxy) is 3. The molecule has 2 aromatic rings. The van der Waals surface area contributed by atoms with Crippen LogP contribution in [0, 0.1) is 0 Å². The molecule has 0 spiro atoms. The summed E-state index contributed by atoms with van der Waals surface area (Å²) in [7, 11) is 0. The van der Waals surface area contributed by atoms with Crippen LogP contribution in [0.15, 0.2) is 41.5 Å². The van der Waals surface area contributed by atoms with Crippen molar-refractivity contribution in [3.63, 3.8) is 0 Å². The van der Waals surface area contributed by atoms with Gasteiger partial charge >= 0.3 is 0 Å². The Morgan fingerprint density at radius 1 is 1.00 bits per heavy atom. The van der Waals surface area contributed by atoms with E-state index < -0.39 is 0 Å². The van der Waals surface area contributed by atoms with Crippen molar-refractivity contribution in [2.75, 3.05) is 44.8 Å². The van der Waals surface area contributed by atoms with Crippen molar-refractivity contribution in [3.8, 4) is 11.5 Å². The molecule has 0 aromatic heterocycles. The molecule has 0 bridgehead atoms. The first-order valence-corrected chi connectivity index (χ1v) is 12.9. The Balaban J connectivity index is 1.42. The minimum atomic E-state index is -0.324. The quantitative estimate of drug-likeness (QED) is 0.298. The van der Waals surface area contributed by atoms with Gasteiger partial charge in [0.25, 0.3) is 5.91 Å². The third-order valence-corrected chi connectivity index (χ3v) is 6.14. The molecular weight excluding hydrogens is 535 g/mol. The number of carbonyl (C=O) groups is 3. The van der Waals surface area contributed by atoms with E-state index in [0.717, 1.165) is 0 Å². The highest BCUT2D eigenvalue weighted by Gasteiger charge is 2.18. The number of nitrogens with zero attached hydrogens (tertiary/aromatic N) is 2. The van der Waals surface area contributed by atoms with Gasteiger partial charge in [-0.2, -0.15) is 5.10 Å². The summed E-state index contributed by atoms with van der Waals surface area (Å²) < 4.78 is 16.6. The van der Waals surface area contributed by atoms with Gasteiger partial charge in [0, 0.05) is 31.6 Å². The molecule has 0 unspecified atom stereocenters. The summed E-state index contributed by atoms with van der Waals surface area (Å²) >= 11 is 11.8. The van der Waals surface area contributed by atoms with Gasteiger partial charge in [-0.15, -0.1) is 0 Å². The number of carbonyl (C=O) groups excluding carboxylic acids is 3. The second kappa shape index (κ2) is 15.2. The molecule has 2 aromatic carbocycles. The van der Waals surface area contributed by atoms with Crippen LogP contribution in [-0.2, 0) is 19.1 Å². The monoisotopic (exact) mass is 564 g/mol. The fourth-order valence-electron chi connectivity index (χ4n) is 3.48. The minimum absolute atomic E-state index is 0.102. The molecule has 1 saturated heterocycles. The van der Waals surface area contributed by atoms with Crippen molar-refractivity contribution in [3.05, 3.63) is 52.0 Å². The number of benzene rings is 2. The first-order valence-electron chi connectivity index (χ1n) is 12.2. The smallest absolute Gasteiger partial charge is 0.260 e. The Morgan fingerprint density at radius 2 is 1.76 bits per heavy atom. The third kappa shape index (κ3) is 9.51.